The molecule has 0 amide bonds. The van der Waals surface area contributed by atoms with Gasteiger partial charge < -0.3 is 5.73 Å². The minimum atomic E-state index is 0.718. The van der Waals surface area contributed by atoms with Gasteiger partial charge in [-0.3, -0.25) is 4.68 Å². The van der Waals surface area contributed by atoms with Gasteiger partial charge in [0.25, 0.3) is 0 Å². The number of aromatic nitrogens is 3. The van der Waals surface area contributed by atoms with Crippen LogP contribution in [-0.2, 0) is 7.05 Å². The Morgan fingerprint density at radius 1 is 1.27 bits per heavy atom. The van der Waals surface area contributed by atoms with Gasteiger partial charge in [0.1, 0.15) is 11.5 Å². The highest BCUT2D eigenvalue weighted by Gasteiger charge is 2.16. The summed E-state index contributed by atoms with van der Waals surface area (Å²) >= 11 is 1.66. The van der Waals surface area contributed by atoms with E-state index in [-0.39, 0.29) is 0 Å². The largest absolute Gasteiger partial charge is 0.384 e. The smallest absolute Gasteiger partial charge is 0.124 e. The van der Waals surface area contributed by atoms with Crippen molar-refractivity contribution in [2.75, 3.05) is 5.73 Å². The van der Waals surface area contributed by atoms with Crippen molar-refractivity contribution < 1.29 is 0 Å². The van der Waals surface area contributed by atoms with Crippen molar-refractivity contribution in [1.82, 2.24) is 14.8 Å². The van der Waals surface area contributed by atoms with E-state index in [0.29, 0.717) is 0 Å². The Kier molecular flexibility index (Phi) is 2.26. The van der Waals surface area contributed by atoms with Gasteiger partial charge in [-0.1, -0.05) is 0 Å². The molecule has 0 bridgehead atoms. The Hall–Kier alpha value is -1.36. The van der Waals surface area contributed by atoms with Gasteiger partial charge in [0.15, 0.2) is 0 Å². The summed E-state index contributed by atoms with van der Waals surface area (Å²) < 4.78 is 1.71. The third-order valence-corrected chi connectivity index (χ3v) is 3.54. The Morgan fingerprint density at radius 3 is 2.33 bits per heavy atom. The number of hydrogen-bond acceptors (Lipinski definition) is 4. The van der Waals surface area contributed by atoms with Gasteiger partial charge in [-0.15, -0.1) is 11.3 Å². The SMILES string of the molecule is Cc1nc(C)c(-c2nn(C)c(N)c2C)s1. The van der Waals surface area contributed by atoms with E-state index in [0.717, 1.165) is 32.7 Å². The minimum absolute atomic E-state index is 0.718. The fourth-order valence-corrected chi connectivity index (χ4v) is 2.57. The Labute approximate surface area is 92.8 Å². The topological polar surface area (TPSA) is 56.7 Å². The van der Waals surface area contributed by atoms with Crippen LogP contribution >= 0.6 is 11.3 Å². The molecule has 15 heavy (non-hydrogen) atoms. The highest BCUT2D eigenvalue weighted by atomic mass is 32.1. The average Bonchev–Trinajstić information content (AvgIpc) is 2.61. The number of thiazole rings is 1. The zero-order chi connectivity index (χ0) is 11.2. The Bertz CT molecular complexity index is 510. The maximum absolute atomic E-state index is 5.88. The predicted octanol–water partition coefficient (Wildman–Crippen LogP) is 2.05. The van der Waals surface area contributed by atoms with Crippen LogP contribution in [0.1, 0.15) is 16.3 Å². The van der Waals surface area contributed by atoms with Crippen LogP contribution in [0.3, 0.4) is 0 Å². The molecule has 4 nitrogen and oxygen atoms in total. The number of aryl methyl sites for hydroxylation is 3. The van der Waals surface area contributed by atoms with Gasteiger partial charge in [0.2, 0.25) is 0 Å². The Morgan fingerprint density at radius 2 is 1.93 bits per heavy atom. The molecule has 0 atom stereocenters. The molecule has 2 aromatic heterocycles. The van der Waals surface area contributed by atoms with Crippen LogP contribution in [0.15, 0.2) is 0 Å². The van der Waals surface area contributed by atoms with Crippen molar-refractivity contribution in [2.45, 2.75) is 20.8 Å². The first-order valence-electron chi connectivity index (χ1n) is 4.74. The molecule has 0 unspecified atom stereocenters. The van der Waals surface area contributed by atoms with Crippen molar-refractivity contribution >= 4 is 17.2 Å². The molecule has 2 heterocycles. The van der Waals surface area contributed by atoms with Crippen molar-refractivity contribution in [3.8, 4) is 10.6 Å². The van der Waals surface area contributed by atoms with E-state index in [2.05, 4.69) is 10.1 Å². The molecule has 0 spiro atoms. The van der Waals surface area contributed by atoms with E-state index < -0.39 is 0 Å². The lowest BCUT2D eigenvalue weighted by atomic mass is 10.2. The first kappa shape index (κ1) is 10.2. The zero-order valence-corrected chi connectivity index (χ0v) is 10.1. The average molecular weight is 222 g/mol. The molecule has 0 radical (unpaired) electrons. The second-order valence-electron chi connectivity index (χ2n) is 3.63. The van der Waals surface area contributed by atoms with E-state index in [1.54, 1.807) is 16.0 Å². The monoisotopic (exact) mass is 222 g/mol. The van der Waals surface area contributed by atoms with E-state index in [9.17, 15) is 0 Å². The summed E-state index contributed by atoms with van der Waals surface area (Å²) in [4.78, 5) is 5.52. The number of nitrogen functional groups attached to an aromatic ring is 1. The van der Waals surface area contributed by atoms with Gasteiger partial charge >= 0.3 is 0 Å². The number of hydrogen-bond donors (Lipinski definition) is 1. The first-order valence-corrected chi connectivity index (χ1v) is 5.56. The third kappa shape index (κ3) is 1.52. The lowest BCUT2D eigenvalue weighted by Crippen LogP contribution is -1.97. The number of nitrogens with two attached hydrogens (primary N) is 1. The lowest BCUT2D eigenvalue weighted by Gasteiger charge is -1.94. The summed E-state index contributed by atoms with van der Waals surface area (Å²) in [5, 5.41) is 5.48. The van der Waals surface area contributed by atoms with E-state index in [1.165, 1.54) is 0 Å². The molecule has 0 fully saturated rings. The number of rotatable bonds is 1. The summed E-state index contributed by atoms with van der Waals surface area (Å²) in [7, 11) is 1.86. The number of anilines is 1. The molecular formula is C10H14N4S. The Balaban J connectivity index is 2.64. The zero-order valence-electron chi connectivity index (χ0n) is 9.33. The fourth-order valence-electron chi connectivity index (χ4n) is 1.61. The first-order chi connectivity index (χ1) is 7.00. The van der Waals surface area contributed by atoms with Crippen LogP contribution in [0.25, 0.3) is 10.6 Å². The highest BCUT2D eigenvalue weighted by molar-refractivity contribution is 7.15. The molecule has 0 aliphatic carbocycles. The minimum Gasteiger partial charge on any atom is -0.384 e. The molecule has 5 heteroatoms. The van der Waals surface area contributed by atoms with Crippen LogP contribution in [0.5, 0.6) is 0 Å². The van der Waals surface area contributed by atoms with Crippen molar-refractivity contribution in [2.24, 2.45) is 7.05 Å². The maximum atomic E-state index is 5.88. The van der Waals surface area contributed by atoms with Gasteiger partial charge in [-0.25, -0.2) is 4.98 Å². The molecule has 2 rings (SSSR count). The molecule has 0 aliphatic rings. The van der Waals surface area contributed by atoms with Gasteiger partial charge in [-0.2, -0.15) is 5.10 Å². The second kappa shape index (κ2) is 3.34. The van der Waals surface area contributed by atoms with Crippen molar-refractivity contribution in [1.29, 1.82) is 0 Å². The predicted molar refractivity (Wildman–Crippen MR) is 62.9 cm³/mol. The van der Waals surface area contributed by atoms with Gasteiger partial charge in [0.05, 0.1) is 15.6 Å². The van der Waals surface area contributed by atoms with Crippen LogP contribution in [0, 0.1) is 20.8 Å². The number of nitrogens with zero attached hydrogens (tertiary/aromatic N) is 3. The van der Waals surface area contributed by atoms with Gasteiger partial charge in [0, 0.05) is 12.6 Å². The van der Waals surface area contributed by atoms with E-state index in [1.807, 2.05) is 27.8 Å². The van der Waals surface area contributed by atoms with E-state index >= 15 is 0 Å². The maximum Gasteiger partial charge on any atom is 0.124 e. The summed E-state index contributed by atoms with van der Waals surface area (Å²) in [5.74, 6) is 0.718. The van der Waals surface area contributed by atoms with Crippen LogP contribution in [0.4, 0.5) is 5.82 Å². The molecule has 0 saturated heterocycles. The normalized spacial score (nSPS) is 10.9. The van der Waals surface area contributed by atoms with Crippen LogP contribution in [0.2, 0.25) is 0 Å². The quantitative estimate of drug-likeness (QED) is 0.803. The standard InChI is InChI=1S/C10H14N4S/c1-5-8(13-14(4)10(5)11)9-6(2)12-7(3)15-9/h11H2,1-4H3. The van der Waals surface area contributed by atoms with E-state index in [4.69, 9.17) is 5.73 Å². The molecule has 0 aromatic carbocycles. The van der Waals surface area contributed by atoms with Crippen LogP contribution in [-0.4, -0.2) is 14.8 Å². The fraction of sp³-hybridized carbons (Fsp3) is 0.400. The molecule has 80 valence electrons. The van der Waals surface area contributed by atoms with Crippen LogP contribution < -0.4 is 5.73 Å². The summed E-state index contributed by atoms with van der Waals surface area (Å²) in [6.45, 7) is 6.00. The summed E-state index contributed by atoms with van der Waals surface area (Å²) in [6.07, 6.45) is 0. The summed E-state index contributed by atoms with van der Waals surface area (Å²) in [5.41, 5.74) is 8.90. The molecule has 2 aromatic rings. The summed E-state index contributed by atoms with van der Waals surface area (Å²) in [6, 6.07) is 0. The highest BCUT2D eigenvalue weighted by Crippen LogP contribution is 2.32. The molecule has 2 N–H and O–H groups in total. The second-order valence-corrected chi connectivity index (χ2v) is 4.83. The lowest BCUT2D eigenvalue weighted by molar-refractivity contribution is 0.782. The third-order valence-electron chi connectivity index (χ3n) is 2.46. The molecular weight excluding hydrogens is 208 g/mol. The van der Waals surface area contributed by atoms with Crippen molar-refractivity contribution in [3.63, 3.8) is 0 Å². The molecule has 0 saturated carbocycles. The van der Waals surface area contributed by atoms with Crippen molar-refractivity contribution in [3.05, 3.63) is 16.3 Å². The molecule has 0 aliphatic heterocycles. The van der Waals surface area contributed by atoms with Gasteiger partial charge in [-0.05, 0) is 20.8 Å².